The van der Waals surface area contributed by atoms with Crippen molar-refractivity contribution in [1.29, 1.82) is 0 Å². The molecule has 0 spiro atoms. The van der Waals surface area contributed by atoms with E-state index in [2.05, 4.69) is 0 Å². The number of carboxylic acids is 1. The molecule has 0 bridgehead atoms. The number of benzene rings is 2. The lowest BCUT2D eigenvalue weighted by molar-refractivity contribution is 0.0693. The molecule has 0 aliphatic carbocycles. The van der Waals surface area contributed by atoms with E-state index in [9.17, 15) is 14.7 Å². The van der Waals surface area contributed by atoms with Gasteiger partial charge in [-0.1, -0.05) is 41.9 Å². The van der Waals surface area contributed by atoms with Gasteiger partial charge in [0.1, 0.15) is 0 Å². The quantitative estimate of drug-likeness (QED) is 0.880. The minimum atomic E-state index is -1.16. The van der Waals surface area contributed by atoms with Crippen LogP contribution in [0.25, 0.3) is 0 Å². The van der Waals surface area contributed by atoms with Gasteiger partial charge in [-0.25, -0.2) is 4.79 Å². The van der Waals surface area contributed by atoms with Crippen molar-refractivity contribution in [3.8, 4) is 0 Å². The Morgan fingerprint density at radius 3 is 2.19 bits per heavy atom. The maximum absolute atomic E-state index is 12.5. The predicted octanol–water partition coefficient (Wildman–Crippen LogP) is 3.34. The summed E-state index contributed by atoms with van der Waals surface area (Å²) in [5, 5.41) is 9.68. The monoisotopic (exact) mass is 303 g/mol. The largest absolute Gasteiger partial charge is 0.478 e. The summed E-state index contributed by atoms with van der Waals surface area (Å²) >= 11 is 6.15. The van der Waals surface area contributed by atoms with Crippen LogP contribution in [0, 0.1) is 0 Å². The molecule has 0 heterocycles. The van der Waals surface area contributed by atoms with Gasteiger partial charge in [-0.05, 0) is 12.1 Å². The summed E-state index contributed by atoms with van der Waals surface area (Å²) in [5.41, 5.74) is 1.01. The van der Waals surface area contributed by atoms with Crippen LogP contribution in [0.4, 0.5) is 5.69 Å². The Morgan fingerprint density at radius 2 is 1.67 bits per heavy atom. The van der Waals surface area contributed by atoms with E-state index in [1.165, 1.54) is 12.1 Å². The molecule has 0 aliphatic rings. The Hall–Kier alpha value is -2.33. The molecule has 0 fully saturated rings. The van der Waals surface area contributed by atoms with Crippen LogP contribution >= 0.6 is 11.6 Å². The lowest BCUT2D eigenvalue weighted by Gasteiger charge is -2.17. The molecular formula is C16H14ClNO3. The first-order valence-electron chi connectivity index (χ1n) is 6.25. The first kappa shape index (κ1) is 15.1. The van der Waals surface area contributed by atoms with Crippen molar-refractivity contribution in [2.24, 2.45) is 0 Å². The second kappa shape index (κ2) is 5.97. The summed E-state index contributed by atoms with van der Waals surface area (Å²) in [4.78, 5) is 25.6. The molecule has 0 aliphatic heterocycles. The minimum absolute atomic E-state index is 0.0584. The topological polar surface area (TPSA) is 57.6 Å². The number of hydrogen-bond donors (Lipinski definition) is 1. The lowest BCUT2D eigenvalue weighted by Crippen LogP contribution is -2.14. The molecule has 0 aromatic heterocycles. The highest BCUT2D eigenvalue weighted by molar-refractivity contribution is 6.34. The standard InChI is InChI=1S/C16H14ClNO3/c1-18(2)14-9-12(16(20)21)11(8-13(14)17)15(19)10-6-4-3-5-7-10/h3-9H,1-2H3,(H,20,21). The van der Waals surface area contributed by atoms with Crippen LogP contribution < -0.4 is 4.90 Å². The van der Waals surface area contributed by atoms with Gasteiger partial charge in [0.05, 0.1) is 16.3 Å². The number of ketones is 1. The van der Waals surface area contributed by atoms with Crippen LogP contribution in [0.5, 0.6) is 0 Å². The highest BCUT2D eigenvalue weighted by Crippen LogP contribution is 2.29. The van der Waals surface area contributed by atoms with E-state index in [0.717, 1.165) is 0 Å². The molecule has 0 amide bonds. The van der Waals surface area contributed by atoms with Crippen molar-refractivity contribution in [3.05, 3.63) is 64.2 Å². The van der Waals surface area contributed by atoms with Crippen LogP contribution in [0.2, 0.25) is 5.02 Å². The van der Waals surface area contributed by atoms with Crippen LogP contribution in [0.3, 0.4) is 0 Å². The third-order valence-electron chi connectivity index (χ3n) is 3.08. The van der Waals surface area contributed by atoms with Gasteiger partial charge in [0.25, 0.3) is 0 Å². The van der Waals surface area contributed by atoms with E-state index in [1.54, 1.807) is 49.3 Å². The maximum Gasteiger partial charge on any atom is 0.336 e. The minimum Gasteiger partial charge on any atom is -0.478 e. The van der Waals surface area contributed by atoms with Crippen molar-refractivity contribution in [3.63, 3.8) is 0 Å². The Labute approximate surface area is 127 Å². The molecule has 2 aromatic rings. The molecule has 1 N–H and O–H groups in total. The van der Waals surface area contributed by atoms with Crippen LogP contribution in [-0.4, -0.2) is 31.0 Å². The van der Waals surface area contributed by atoms with Crippen molar-refractivity contribution in [1.82, 2.24) is 0 Å². The van der Waals surface area contributed by atoms with E-state index >= 15 is 0 Å². The average molecular weight is 304 g/mol. The lowest BCUT2D eigenvalue weighted by atomic mass is 9.97. The van der Waals surface area contributed by atoms with Gasteiger partial charge < -0.3 is 10.0 Å². The third kappa shape index (κ3) is 3.06. The number of rotatable bonds is 4. The van der Waals surface area contributed by atoms with Gasteiger partial charge in [0.15, 0.2) is 5.78 Å². The van der Waals surface area contributed by atoms with Gasteiger partial charge >= 0.3 is 5.97 Å². The molecular weight excluding hydrogens is 290 g/mol. The molecule has 0 unspecified atom stereocenters. The fourth-order valence-electron chi connectivity index (χ4n) is 2.01. The Kier molecular flexibility index (Phi) is 4.29. The van der Waals surface area contributed by atoms with Crippen LogP contribution in [0.15, 0.2) is 42.5 Å². The summed E-state index contributed by atoms with van der Waals surface area (Å²) in [6.07, 6.45) is 0. The predicted molar refractivity (Wildman–Crippen MR) is 82.6 cm³/mol. The molecule has 2 rings (SSSR count). The van der Waals surface area contributed by atoms with E-state index in [0.29, 0.717) is 16.3 Å². The molecule has 0 radical (unpaired) electrons. The number of hydrogen-bond acceptors (Lipinski definition) is 3. The second-order valence-electron chi connectivity index (χ2n) is 4.74. The van der Waals surface area contributed by atoms with Crippen molar-refractivity contribution in [2.75, 3.05) is 19.0 Å². The molecule has 2 aromatic carbocycles. The van der Waals surface area contributed by atoms with Gasteiger partial charge in [-0.3, -0.25) is 4.79 Å². The zero-order valence-electron chi connectivity index (χ0n) is 11.6. The number of carboxylic acid groups (broad SMARTS) is 1. The second-order valence-corrected chi connectivity index (χ2v) is 5.15. The maximum atomic E-state index is 12.5. The average Bonchev–Trinajstić information content (AvgIpc) is 2.46. The number of halogens is 1. The van der Waals surface area contributed by atoms with E-state index in [4.69, 9.17) is 11.6 Å². The summed E-state index contributed by atoms with van der Waals surface area (Å²) < 4.78 is 0. The van der Waals surface area contributed by atoms with E-state index < -0.39 is 5.97 Å². The number of carbonyl (C=O) groups excluding carboxylic acids is 1. The zero-order valence-corrected chi connectivity index (χ0v) is 12.4. The SMILES string of the molecule is CN(C)c1cc(C(=O)O)c(C(=O)c2ccccc2)cc1Cl. The fourth-order valence-corrected chi connectivity index (χ4v) is 2.35. The molecule has 0 saturated carbocycles. The number of aromatic carboxylic acids is 1. The number of carbonyl (C=O) groups is 2. The summed E-state index contributed by atoms with van der Waals surface area (Å²) in [7, 11) is 3.51. The molecule has 4 nitrogen and oxygen atoms in total. The summed E-state index contributed by atoms with van der Waals surface area (Å²) in [6, 6.07) is 11.4. The van der Waals surface area contributed by atoms with Crippen LogP contribution in [-0.2, 0) is 0 Å². The van der Waals surface area contributed by atoms with E-state index in [1.807, 2.05) is 0 Å². The summed E-state index contributed by atoms with van der Waals surface area (Å²) in [5.74, 6) is -1.52. The number of anilines is 1. The molecule has 21 heavy (non-hydrogen) atoms. The van der Waals surface area contributed by atoms with Crippen LogP contribution in [0.1, 0.15) is 26.3 Å². The molecule has 108 valence electrons. The Balaban J connectivity index is 2.61. The van der Waals surface area contributed by atoms with E-state index in [-0.39, 0.29) is 16.9 Å². The normalized spacial score (nSPS) is 10.2. The fraction of sp³-hybridized carbons (Fsp3) is 0.125. The van der Waals surface area contributed by atoms with Gasteiger partial charge in [-0.15, -0.1) is 0 Å². The molecule has 5 heteroatoms. The third-order valence-corrected chi connectivity index (χ3v) is 3.38. The zero-order chi connectivity index (χ0) is 15.6. The van der Waals surface area contributed by atoms with Gasteiger partial charge in [0, 0.05) is 25.2 Å². The van der Waals surface area contributed by atoms with Gasteiger partial charge in [0.2, 0.25) is 0 Å². The van der Waals surface area contributed by atoms with Crippen molar-refractivity contribution < 1.29 is 14.7 Å². The first-order chi connectivity index (χ1) is 9.91. The first-order valence-corrected chi connectivity index (χ1v) is 6.63. The molecule has 0 atom stereocenters. The highest BCUT2D eigenvalue weighted by atomic mass is 35.5. The van der Waals surface area contributed by atoms with Crippen molar-refractivity contribution in [2.45, 2.75) is 0 Å². The highest BCUT2D eigenvalue weighted by Gasteiger charge is 2.21. The number of nitrogens with zero attached hydrogens (tertiary/aromatic N) is 1. The summed E-state index contributed by atoms with van der Waals surface area (Å²) in [6.45, 7) is 0. The molecule has 0 saturated heterocycles. The van der Waals surface area contributed by atoms with Crippen molar-refractivity contribution >= 4 is 29.0 Å². The Morgan fingerprint density at radius 1 is 1.05 bits per heavy atom. The smallest absolute Gasteiger partial charge is 0.336 e. The Bertz CT molecular complexity index is 696. The van der Waals surface area contributed by atoms with Gasteiger partial charge in [-0.2, -0.15) is 0 Å².